The molecule has 0 aliphatic rings. The molecule has 1 aromatic carbocycles. The number of hydrogen-bond donors (Lipinski definition) is 1. The molecule has 3 heteroatoms. The van der Waals surface area contributed by atoms with Crippen molar-refractivity contribution in [1.82, 2.24) is 0 Å². The Morgan fingerprint density at radius 1 is 1.40 bits per heavy atom. The first kappa shape index (κ1) is 12.5. The van der Waals surface area contributed by atoms with E-state index in [9.17, 15) is 0 Å². The summed E-state index contributed by atoms with van der Waals surface area (Å²) in [5.41, 5.74) is 2.31. The van der Waals surface area contributed by atoms with Gasteiger partial charge in [-0.15, -0.1) is 0 Å². The first-order valence-electron chi connectivity index (χ1n) is 5.07. The maximum atomic E-state index is 8.92. The molecule has 0 aliphatic heterocycles. The molecular weight excluding hydrogens is 256 g/mol. The molecule has 0 saturated carbocycles. The molecule has 0 bridgehead atoms. The van der Waals surface area contributed by atoms with Gasteiger partial charge in [0.05, 0.1) is 11.6 Å². The number of aliphatic hydroxyl groups is 1. The van der Waals surface area contributed by atoms with E-state index in [0.717, 1.165) is 15.8 Å². The van der Waals surface area contributed by atoms with Crippen molar-refractivity contribution in [3.05, 3.63) is 27.7 Å². The Balaban J connectivity index is 3.19. The van der Waals surface area contributed by atoms with Crippen LogP contribution in [-0.2, 0) is 6.42 Å². The molecule has 0 amide bonds. The molecule has 1 N–H and O–H groups in total. The van der Waals surface area contributed by atoms with E-state index in [1.54, 1.807) is 7.11 Å². The van der Waals surface area contributed by atoms with Crippen molar-refractivity contribution in [2.75, 3.05) is 13.7 Å². The lowest BCUT2D eigenvalue weighted by molar-refractivity contribution is 0.299. The Morgan fingerprint density at radius 3 is 2.53 bits per heavy atom. The van der Waals surface area contributed by atoms with Gasteiger partial charge in [-0.2, -0.15) is 0 Å². The van der Waals surface area contributed by atoms with Crippen molar-refractivity contribution in [3.63, 3.8) is 0 Å². The van der Waals surface area contributed by atoms with Crippen LogP contribution in [0.3, 0.4) is 0 Å². The van der Waals surface area contributed by atoms with Gasteiger partial charge in [-0.25, -0.2) is 0 Å². The zero-order valence-corrected chi connectivity index (χ0v) is 11.0. The molecule has 0 heterocycles. The second-order valence-corrected chi connectivity index (χ2v) is 4.68. The van der Waals surface area contributed by atoms with Crippen molar-refractivity contribution >= 4 is 15.9 Å². The third-order valence-electron chi connectivity index (χ3n) is 2.36. The van der Waals surface area contributed by atoms with Gasteiger partial charge in [-0.3, -0.25) is 0 Å². The van der Waals surface area contributed by atoms with Crippen LogP contribution in [-0.4, -0.2) is 18.8 Å². The third-order valence-corrected chi connectivity index (χ3v) is 2.95. The number of halogens is 1. The quantitative estimate of drug-likeness (QED) is 0.913. The first-order valence-corrected chi connectivity index (χ1v) is 5.86. The van der Waals surface area contributed by atoms with Gasteiger partial charge < -0.3 is 9.84 Å². The van der Waals surface area contributed by atoms with E-state index in [2.05, 4.69) is 35.8 Å². The minimum absolute atomic E-state index is 0.177. The van der Waals surface area contributed by atoms with Crippen molar-refractivity contribution in [1.29, 1.82) is 0 Å². The molecule has 0 unspecified atom stereocenters. The van der Waals surface area contributed by atoms with Crippen molar-refractivity contribution in [3.8, 4) is 5.75 Å². The minimum Gasteiger partial charge on any atom is -0.495 e. The maximum Gasteiger partial charge on any atom is 0.136 e. The topological polar surface area (TPSA) is 29.5 Å². The second kappa shape index (κ2) is 5.52. The molecule has 0 aliphatic carbocycles. The van der Waals surface area contributed by atoms with Gasteiger partial charge in [0.2, 0.25) is 0 Å². The van der Waals surface area contributed by atoms with E-state index in [4.69, 9.17) is 9.84 Å². The van der Waals surface area contributed by atoms with Crippen LogP contribution < -0.4 is 4.74 Å². The van der Waals surface area contributed by atoms with E-state index >= 15 is 0 Å². The Morgan fingerprint density at radius 2 is 2.07 bits per heavy atom. The highest BCUT2D eigenvalue weighted by atomic mass is 79.9. The highest BCUT2D eigenvalue weighted by molar-refractivity contribution is 9.10. The Labute approximate surface area is 99.4 Å². The van der Waals surface area contributed by atoms with Crippen molar-refractivity contribution < 1.29 is 9.84 Å². The fraction of sp³-hybridized carbons (Fsp3) is 0.500. The highest BCUT2D eigenvalue weighted by Gasteiger charge is 2.12. The summed E-state index contributed by atoms with van der Waals surface area (Å²) in [6.07, 6.45) is 0.683. The molecule has 1 rings (SSSR count). The SMILES string of the molecule is COc1c(Br)cc(CCO)cc1C(C)C. The minimum atomic E-state index is 0.177. The number of rotatable bonds is 4. The van der Waals surface area contributed by atoms with Crippen molar-refractivity contribution in [2.45, 2.75) is 26.2 Å². The van der Waals surface area contributed by atoms with Crippen LogP contribution in [0.5, 0.6) is 5.75 Å². The van der Waals surface area contributed by atoms with Crippen LogP contribution >= 0.6 is 15.9 Å². The molecule has 0 radical (unpaired) electrons. The number of ether oxygens (including phenoxy) is 1. The molecule has 0 spiro atoms. The predicted molar refractivity (Wildman–Crippen MR) is 65.6 cm³/mol. The molecule has 0 saturated heterocycles. The summed E-state index contributed by atoms with van der Waals surface area (Å²) >= 11 is 3.49. The number of methoxy groups -OCH3 is 1. The van der Waals surface area contributed by atoms with Crippen molar-refractivity contribution in [2.24, 2.45) is 0 Å². The van der Waals surface area contributed by atoms with Gasteiger partial charge >= 0.3 is 0 Å². The van der Waals surface area contributed by atoms with Crippen LogP contribution in [0, 0.1) is 0 Å². The zero-order valence-electron chi connectivity index (χ0n) is 9.38. The smallest absolute Gasteiger partial charge is 0.136 e. The van der Waals surface area contributed by atoms with Gasteiger partial charge in [0.1, 0.15) is 5.75 Å². The van der Waals surface area contributed by atoms with Crippen LogP contribution in [0.2, 0.25) is 0 Å². The predicted octanol–water partition coefficient (Wildman–Crippen LogP) is 3.12. The molecule has 0 aromatic heterocycles. The largest absolute Gasteiger partial charge is 0.495 e. The van der Waals surface area contributed by atoms with Gasteiger partial charge in [0, 0.05) is 6.61 Å². The van der Waals surface area contributed by atoms with E-state index in [1.807, 2.05) is 6.07 Å². The summed E-state index contributed by atoms with van der Waals surface area (Å²) in [6.45, 7) is 4.44. The summed E-state index contributed by atoms with van der Waals surface area (Å²) < 4.78 is 6.32. The summed E-state index contributed by atoms with van der Waals surface area (Å²) in [4.78, 5) is 0. The molecule has 0 atom stereocenters. The standard InChI is InChI=1S/C12H17BrO2/c1-8(2)10-6-9(4-5-14)7-11(13)12(10)15-3/h6-8,14H,4-5H2,1-3H3. The number of aliphatic hydroxyl groups excluding tert-OH is 1. The van der Waals surface area contributed by atoms with E-state index in [0.29, 0.717) is 12.3 Å². The average molecular weight is 273 g/mol. The van der Waals surface area contributed by atoms with Crippen LogP contribution in [0.25, 0.3) is 0 Å². The third kappa shape index (κ3) is 2.95. The van der Waals surface area contributed by atoms with E-state index in [-0.39, 0.29) is 6.61 Å². The van der Waals surface area contributed by atoms with E-state index in [1.165, 1.54) is 5.56 Å². The summed E-state index contributed by atoms with van der Waals surface area (Å²) in [5, 5.41) is 8.92. The lowest BCUT2D eigenvalue weighted by atomic mass is 9.98. The highest BCUT2D eigenvalue weighted by Crippen LogP contribution is 2.35. The van der Waals surface area contributed by atoms with Gasteiger partial charge in [-0.05, 0) is 45.5 Å². The monoisotopic (exact) mass is 272 g/mol. The Hall–Kier alpha value is -0.540. The first-order chi connectivity index (χ1) is 7.10. The normalized spacial score (nSPS) is 10.8. The molecule has 84 valence electrons. The molecule has 0 fully saturated rings. The van der Waals surface area contributed by atoms with Gasteiger partial charge in [-0.1, -0.05) is 19.9 Å². The molecule has 15 heavy (non-hydrogen) atoms. The van der Waals surface area contributed by atoms with Gasteiger partial charge in [0.15, 0.2) is 0 Å². The molecule has 2 nitrogen and oxygen atoms in total. The van der Waals surface area contributed by atoms with Gasteiger partial charge in [0.25, 0.3) is 0 Å². The Bertz CT molecular complexity index is 335. The summed E-state index contributed by atoms with van der Waals surface area (Å²) in [6, 6.07) is 4.10. The summed E-state index contributed by atoms with van der Waals surface area (Å²) in [5.74, 6) is 1.31. The maximum absolute atomic E-state index is 8.92. The average Bonchev–Trinajstić information content (AvgIpc) is 2.17. The van der Waals surface area contributed by atoms with Crippen LogP contribution in [0.1, 0.15) is 30.9 Å². The number of hydrogen-bond acceptors (Lipinski definition) is 2. The fourth-order valence-corrected chi connectivity index (χ4v) is 2.28. The van der Waals surface area contributed by atoms with Crippen LogP contribution in [0.15, 0.2) is 16.6 Å². The Kier molecular flexibility index (Phi) is 4.61. The second-order valence-electron chi connectivity index (χ2n) is 3.83. The lowest BCUT2D eigenvalue weighted by Crippen LogP contribution is -1.99. The fourth-order valence-electron chi connectivity index (χ4n) is 1.59. The van der Waals surface area contributed by atoms with E-state index < -0.39 is 0 Å². The zero-order chi connectivity index (χ0) is 11.4. The van der Waals surface area contributed by atoms with Crippen LogP contribution in [0.4, 0.5) is 0 Å². The lowest BCUT2D eigenvalue weighted by Gasteiger charge is -2.15. The summed E-state index contributed by atoms with van der Waals surface area (Å²) in [7, 11) is 1.68. The molecule has 1 aromatic rings. The number of benzene rings is 1. The molecular formula is C12H17BrO2.